The van der Waals surface area contributed by atoms with E-state index >= 15 is 0 Å². The van der Waals surface area contributed by atoms with Crippen molar-refractivity contribution in [1.29, 1.82) is 0 Å². The molecule has 0 radical (unpaired) electrons. The molecule has 0 N–H and O–H groups in total. The molecule has 2 aliphatic rings. The molecule has 0 aliphatic heterocycles. The summed E-state index contributed by atoms with van der Waals surface area (Å²) in [6.45, 7) is 7.06. The summed E-state index contributed by atoms with van der Waals surface area (Å²) in [6.07, 6.45) is 16.7. The first-order valence-corrected chi connectivity index (χ1v) is 13.2. The monoisotopic (exact) mass is 430 g/mol. The summed E-state index contributed by atoms with van der Waals surface area (Å²) in [4.78, 5) is 0. The fourth-order valence-corrected chi connectivity index (χ4v) is 5.76. The lowest BCUT2D eigenvalue weighted by Crippen LogP contribution is -2.25. The molecule has 172 valence electrons. The Morgan fingerprint density at radius 3 is 1.97 bits per heavy atom. The number of rotatable bonds is 9. The Labute approximate surface area is 196 Å². The fourth-order valence-electron chi connectivity index (χ4n) is 5.76. The first kappa shape index (κ1) is 23.3. The van der Waals surface area contributed by atoms with E-state index in [9.17, 15) is 0 Å². The molecule has 2 aromatic rings. The van der Waals surface area contributed by atoms with E-state index in [1.807, 2.05) is 0 Å². The van der Waals surface area contributed by atoms with Gasteiger partial charge in [-0.1, -0.05) is 61.5 Å². The van der Waals surface area contributed by atoms with Gasteiger partial charge < -0.3 is 4.74 Å². The standard InChI is InChI=1S/C31H42O/c1-3-5-6-25-11-21-31(22-12-25)32-23-26-9-15-28(16-10-26)30-19-17-29(18-20-30)27-13-7-24(4-2)8-14-27/h3,7-8,13-14,17-20,25-26,28,31H,1,4-6,9-12,15-16,21-23H2,2H3. The third kappa shape index (κ3) is 6.35. The van der Waals surface area contributed by atoms with E-state index in [2.05, 4.69) is 68.1 Å². The zero-order valence-corrected chi connectivity index (χ0v) is 20.1. The lowest BCUT2D eigenvalue weighted by Gasteiger charge is -2.32. The third-order valence-electron chi connectivity index (χ3n) is 8.06. The topological polar surface area (TPSA) is 9.23 Å². The molecule has 1 heteroatoms. The second kappa shape index (κ2) is 11.8. The number of hydrogen-bond donors (Lipinski definition) is 0. The molecule has 0 unspecified atom stereocenters. The highest BCUT2D eigenvalue weighted by atomic mass is 16.5. The number of aryl methyl sites for hydroxylation is 1. The van der Waals surface area contributed by atoms with Crippen LogP contribution >= 0.6 is 0 Å². The highest BCUT2D eigenvalue weighted by molar-refractivity contribution is 5.64. The summed E-state index contributed by atoms with van der Waals surface area (Å²) in [5.74, 6) is 2.40. The first-order chi connectivity index (χ1) is 15.7. The average molecular weight is 431 g/mol. The number of ether oxygens (including phenoxy) is 1. The van der Waals surface area contributed by atoms with Gasteiger partial charge in [-0.15, -0.1) is 6.58 Å². The van der Waals surface area contributed by atoms with Crippen molar-refractivity contribution in [3.05, 3.63) is 72.3 Å². The van der Waals surface area contributed by atoms with Gasteiger partial charge in [0.15, 0.2) is 0 Å². The summed E-state index contributed by atoms with van der Waals surface area (Å²) in [7, 11) is 0. The predicted octanol–water partition coefficient (Wildman–Crippen LogP) is 8.73. The van der Waals surface area contributed by atoms with Crippen molar-refractivity contribution in [2.45, 2.75) is 89.6 Å². The van der Waals surface area contributed by atoms with Gasteiger partial charge in [0.1, 0.15) is 0 Å². The van der Waals surface area contributed by atoms with Gasteiger partial charge in [0.2, 0.25) is 0 Å². The molecule has 0 atom stereocenters. The molecule has 2 aromatic carbocycles. The van der Waals surface area contributed by atoms with Crippen LogP contribution in [0.2, 0.25) is 0 Å². The van der Waals surface area contributed by atoms with Crippen molar-refractivity contribution in [3.63, 3.8) is 0 Å². The minimum atomic E-state index is 0.520. The van der Waals surface area contributed by atoms with Gasteiger partial charge in [0.25, 0.3) is 0 Å². The van der Waals surface area contributed by atoms with Gasteiger partial charge >= 0.3 is 0 Å². The summed E-state index contributed by atoms with van der Waals surface area (Å²) in [6, 6.07) is 18.4. The van der Waals surface area contributed by atoms with Crippen molar-refractivity contribution in [1.82, 2.24) is 0 Å². The zero-order valence-electron chi connectivity index (χ0n) is 20.1. The van der Waals surface area contributed by atoms with Crippen molar-refractivity contribution in [2.24, 2.45) is 11.8 Å². The van der Waals surface area contributed by atoms with E-state index < -0.39 is 0 Å². The maximum absolute atomic E-state index is 6.38. The van der Waals surface area contributed by atoms with Crippen molar-refractivity contribution in [3.8, 4) is 11.1 Å². The lowest BCUT2D eigenvalue weighted by atomic mass is 9.78. The molecule has 1 nitrogen and oxygen atoms in total. The van der Waals surface area contributed by atoms with Gasteiger partial charge in [0.05, 0.1) is 6.10 Å². The number of hydrogen-bond acceptors (Lipinski definition) is 1. The number of allylic oxidation sites excluding steroid dienone is 1. The molecular weight excluding hydrogens is 388 g/mol. The Kier molecular flexibility index (Phi) is 8.62. The quantitative estimate of drug-likeness (QED) is 0.361. The summed E-state index contributed by atoms with van der Waals surface area (Å²) in [5, 5.41) is 0. The minimum absolute atomic E-state index is 0.520. The Bertz CT molecular complexity index is 803. The number of benzene rings is 2. The van der Waals surface area contributed by atoms with E-state index in [1.54, 1.807) is 0 Å². The highest BCUT2D eigenvalue weighted by Crippen LogP contribution is 2.37. The molecule has 32 heavy (non-hydrogen) atoms. The van der Waals surface area contributed by atoms with Crippen LogP contribution in [0.4, 0.5) is 0 Å². The molecule has 0 spiro atoms. The van der Waals surface area contributed by atoms with E-state index in [4.69, 9.17) is 4.74 Å². The largest absolute Gasteiger partial charge is 0.378 e. The Balaban J connectivity index is 1.19. The zero-order chi connectivity index (χ0) is 22.2. The van der Waals surface area contributed by atoms with Crippen LogP contribution in [0.1, 0.15) is 88.2 Å². The van der Waals surface area contributed by atoms with Crippen LogP contribution in [-0.2, 0) is 11.2 Å². The van der Waals surface area contributed by atoms with E-state index in [0.29, 0.717) is 6.10 Å². The van der Waals surface area contributed by atoms with Gasteiger partial charge in [0, 0.05) is 6.61 Å². The lowest BCUT2D eigenvalue weighted by molar-refractivity contribution is -0.00823. The van der Waals surface area contributed by atoms with Gasteiger partial charge in [-0.3, -0.25) is 0 Å². The maximum Gasteiger partial charge on any atom is 0.0575 e. The smallest absolute Gasteiger partial charge is 0.0575 e. The second-order valence-electron chi connectivity index (χ2n) is 10.2. The van der Waals surface area contributed by atoms with Crippen LogP contribution in [0.5, 0.6) is 0 Å². The van der Waals surface area contributed by atoms with Crippen molar-refractivity contribution < 1.29 is 4.74 Å². The molecule has 2 aliphatic carbocycles. The van der Waals surface area contributed by atoms with E-state index in [-0.39, 0.29) is 0 Å². The van der Waals surface area contributed by atoms with Crippen molar-refractivity contribution in [2.75, 3.05) is 6.61 Å². The van der Waals surface area contributed by atoms with Crippen LogP contribution in [-0.4, -0.2) is 12.7 Å². The Morgan fingerprint density at radius 2 is 1.38 bits per heavy atom. The predicted molar refractivity (Wildman–Crippen MR) is 137 cm³/mol. The molecule has 0 amide bonds. The van der Waals surface area contributed by atoms with Gasteiger partial charge in [-0.25, -0.2) is 0 Å². The fraction of sp³-hybridized carbons (Fsp3) is 0.548. The van der Waals surface area contributed by atoms with Gasteiger partial charge in [-0.05, 0) is 111 Å². The summed E-state index contributed by atoms with van der Waals surface area (Å²) >= 11 is 0. The Hall–Kier alpha value is -1.86. The normalized spacial score (nSPS) is 26.0. The molecular formula is C31H42O. The molecule has 2 saturated carbocycles. The Morgan fingerprint density at radius 1 is 0.781 bits per heavy atom. The molecule has 0 saturated heterocycles. The van der Waals surface area contributed by atoms with E-state index in [0.717, 1.165) is 30.8 Å². The maximum atomic E-state index is 6.38. The average Bonchev–Trinajstić information content (AvgIpc) is 2.87. The first-order valence-electron chi connectivity index (χ1n) is 13.2. The van der Waals surface area contributed by atoms with Crippen LogP contribution in [0.15, 0.2) is 61.2 Å². The molecule has 4 rings (SSSR count). The van der Waals surface area contributed by atoms with Crippen LogP contribution in [0, 0.1) is 11.8 Å². The molecule has 2 fully saturated rings. The van der Waals surface area contributed by atoms with Gasteiger partial charge in [-0.2, -0.15) is 0 Å². The van der Waals surface area contributed by atoms with E-state index in [1.165, 1.54) is 86.5 Å². The summed E-state index contributed by atoms with van der Waals surface area (Å²) < 4.78 is 6.38. The van der Waals surface area contributed by atoms with Crippen molar-refractivity contribution >= 4 is 0 Å². The van der Waals surface area contributed by atoms with Crippen LogP contribution < -0.4 is 0 Å². The molecule has 0 heterocycles. The molecule has 0 aromatic heterocycles. The van der Waals surface area contributed by atoms with Crippen LogP contribution in [0.3, 0.4) is 0 Å². The second-order valence-corrected chi connectivity index (χ2v) is 10.2. The SMILES string of the molecule is C=CCCC1CCC(OCC2CCC(c3ccc(-c4ccc(CC)cc4)cc3)CC2)CC1. The minimum Gasteiger partial charge on any atom is -0.378 e. The van der Waals surface area contributed by atoms with Crippen LogP contribution in [0.25, 0.3) is 11.1 Å². The molecule has 0 bridgehead atoms. The highest BCUT2D eigenvalue weighted by Gasteiger charge is 2.25. The summed E-state index contributed by atoms with van der Waals surface area (Å²) in [5.41, 5.74) is 5.58. The third-order valence-corrected chi connectivity index (χ3v) is 8.06.